The molecule has 1 fully saturated rings. The second-order valence-electron chi connectivity index (χ2n) is 7.84. The van der Waals surface area contributed by atoms with Gasteiger partial charge in [0.15, 0.2) is 5.78 Å². The molecule has 0 saturated carbocycles. The highest BCUT2D eigenvalue weighted by Gasteiger charge is 2.35. The van der Waals surface area contributed by atoms with Crippen molar-refractivity contribution in [2.75, 3.05) is 26.3 Å². The molecule has 0 atom stereocenters. The van der Waals surface area contributed by atoms with Crippen molar-refractivity contribution in [1.29, 1.82) is 0 Å². The average Bonchev–Trinajstić information content (AvgIpc) is 2.61. The van der Waals surface area contributed by atoms with Crippen molar-refractivity contribution in [3.8, 4) is 11.1 Å². The maximum absolute atomic E-state index is 13.1. The van der Waals surface area contributed by atoms with Gasteiger partial charge in [0, 0.05) is 18.7 Å². The standard InChI is InChI=1S/C23H29NO2/c1-16-14-17(2)21(18(3)15-16)19-6-8-20(9-7-19)22(25)23(4,5)24-10-12-26-13-11-24/h6-9,14-15H,10-13H2,1-5H3. The van der Waals surface area contributed by atoms with Gasteiger partial charge in [0.05, 0.1) is 18.8 Å². The summed E-state index contributed by atoms with van der Waals surface area (Å²) in [5, 5.41) is 0. The Balaban J connectivity index is 1.87. The number of morpholine rings is 1. The monoisotopic (exact) mass is 351 g/mol. The molecule has 0 N–H and O–H groups in total. The Morgan fingerprint density at radius 1 is 0.962 bits per heavy atom. The highest BCUT2D eigenvalue weighted by Crippen LogP contribution is 2.29. The van der Waals surface area contributed by atoms with Crippen LogP contribution in [0.3, 0.4) is 0 Å². The van der Waals surface area contributed by atoms with Crippen LogP contribution in [-0.2, 0) is 4.74 Å². The minimum absolute atomic E-state index is 0.170. The normalized spacial score (nSPS) is 15.9. The van der Waals surface area contributed by atoms with Crippen molar-refractivity contribution in [1.82, 2.24) is 4.90 Å². The van der Waals surface area contributed by atoms with E-state index < -0.39 is 5.54 Å². The number of Topliss-reactive ketones (excluding diaryl/α,β-unsaturated/α-hetero) is 1. The first-order valence-electron chi connectivity index (χ1n) is 9.36. The molecule has 0 unspecified atom stereocenters. The zero-order valence-corrected chi connectivity index (χ0v) is 16.6. The molecule has 0 radical (unpaired) electrons. The third-order valence-corrected chi connectivity index (χ3v) is 5.47. The van der Waals surface area contributed by atoms with E-state index in [2.05, 4.69) is 49.9 Å². The number of nitrogens with zero attached hydrogens (tertiary/aromatic N) is 1. The summed E-state index contributed by atoms with van der Waals surface area (Å²) >= 11 is 0. The van der Waals surface area contributed by atoms with Gasteiger partial charge in [-0.3, -0.25) is 9.69 Å². The Bertz CT molecular complexity index is 776. The molecule has 26 heavy (non-hydrogen) atoms. The second kappa shape index (κ2) is 7.34. The van der Waals surface area contributed by atoms with Gasteiger partial charge in [-0.2, -0.15) is 0 Å². The topological polar surface area (TPSA) is 29.5 Å². The van der Waals surface area contributed by atoms with Gasteiger partial charge >= 0.3 is 0 Å². The fraction of sp³-hybridized carbons (Fsp3) is 0.435. The molecule has 3 heteroatoms. The Labute approximate surface area is 157 Å². The van der Waals surface area contributed by atoms with Gasteiger partial charge in [-0.05, 0) is 56.9 Å². The molecular weight excluding hydrogens is 322 g/mol. The van der Waals surface area contributed by atoms with Gasteiger partial charge in [-0.25, -0.2) is 0 Å². The number of carbonyl (C=O) groups is 1. The summed E-state index contributed by atoms with van der Waals surface area (Å²) in [4.78, 5) is 15.3. The Morgan fingerprint density at radius 2 is 1.50 bits per heavy atom. The lowest BCUT2D eigenvalue weighted by Gasteiger charge is -2.39. The van der Waals surface area contributed by atoms with E-state index in [9.17, 15) is 4.79 Å². The predicted molar refractivity (Wildman–Crippen MR) is 107 cm³/mol. The summed E-state index contributed by atoms with van der Waals surface area (Å²) in [6.45, 7) is 13.5. The highest BCUT2D eigenvalue weighted by molar-refractivity contribution is 6.03. The average molecular weight is 351 g/mol. The van der Waals surface area contributed by atoms with Crippen LogP contribution in [0.15, 0.2) is 36.4 Å². The van der Waals surface area contributed by atoms with Crippen LogP contribution in [0.1, 0.15) is 40.9 Å². The van der Waals surface area contributed by atoms with Crippen LogP contribution in [0.5, 0.6) is 0 Å². The molecule has 2 aromatic carbocycles. The Morgan fingerprint density at radius 3 is 2.04 bits per heavy atom. The SMILES string of the molecule is Cc1cc(C)c(-c2ccc(C(=O)C(C)(C)N3CCOCC3)cc2)c(C)c1. The van der Waals surface area contributed by atoms with Crippen molar-refractivity contribution >= 4 is 5.78 Å². The number of aryl methyl sites for hydroxylation is 3. The molecule has 2 aromatic rings. The van der Waals surface area contributed by atoms with Crippen molar-refractivity contribution in [2.24, 2.45) is 0 Å². The Kier molecular flexibility index (Phi) is 5.31. The highest BCUT2D eigenvalue weighted by atomic mass is 16.5. The lowest BCUT2D eigenvalue weighted by molar-refractivity contribution is -0.00429. The largest absolute Gasteiger partial charge is 0.379 e. The zero-order valence-electron chi connectivity index (χ0n) is 16.6. The van der Waals surface area contributed by atoms with E-state index in [0.29, 0.717) is 13.2 Å². The van der Waals surface area contributed by atoms with Crippen molar-refractivity contribution < 1.29 is 9.53 Å². The second-order valence-corrected chi connectivity index (χ2v) is 7.84. The van der Waals surface area contributed by atoms with E-state index in [0.717, 1.165) is 18.7 Å². The first kappa shape index (κ1) is 18.8. The molecule has 1 heterocycles. The molecule has 1 aliphatic heterocycles. The van der Waals surface area contributed by atoms with Crippen molar-refractivity contribution in [2.45, 2.75) is 40.2 Å². The summed E-state index contributed by atoms with van der Waals surface area (Å²) in [6, 6.07) is 12.5. The van der Waals surface area contributed by atoms with E-state index in [1.165, 1.54) is 27.8 Å². The summed E-state index contributed by atoms with van der Waals surface area (Å²) in [5.41, 5.74) is 6.52. The molecular formula is C23H29NO2. The first-order chi connectivity index (χ1) is 12.3. The molecule has 0 amide bonds. The molecule has 0 aromatic heterocycles. The first-order valence-corrected chi connectivity index (χ1v) is 9.36. The summed E-state index contributed by atoms with van der Waals surface area (Å²) in [7, 11) is 0. The summed E-state index contributed by atoms with van der Waals surface area (Å²) in [6.07, 6.45) is 0. The van der Waals surface area contributed by atoms with Gasteiger partial charge in [0.1, 0.15) is 0 Å². The van der Waals surface area contributed by atoms with Crippen LogP contribution in [0, 0.1) is 20.8 Å². The summed E-state index contributed by atoms with van der Waals surface area (Å²) in [5.74, 6) is 0.170. The lowest BCUT2D eigenvalue weighted by Crippen LogP contribution is -2.54. The van der Waals surface area contributed by atoms with Crippen LogP contribution in [0.25, 0.3) is 11.1 Å². The van der Waals surface area contributed by atoms with E-state index >= 15 is 0 Å². The molecule has 0 bridgehead atoms. The third kappa shape index (κ3) is 3.60. The molecule has 0 spiro atoms. The number of hydrogen-bond donors (Lipinski definition) is 0. The van der Waals surface area contributed by atoms with E-state index in [-0.39, 0.29) is 5.78 Å². The minimum Gasteiger partial charge on any atom is -0.379 e. The number of rotatable bonds is 4. The van der Waals surface area contributed by atoms with Gasteiger partial charge in [0.25, 0.3) is 0 Å². The van der Waals surface area contributed by atoms with Gasteiger partial charge in [-0.1, -0.05) is 42.0 Å². The third-order valence-electron chi connectivity index (χ3n) is 5.47. The van der Waals surface area contributed by atoms with Crippen LogP contribution in [0.2, 0.25) is 0 Å². The quantitative estimate of drug-likeness (QED) is 0.756. The van der Waals surface area contributed by atoms with Crippen LogP contribution in [0.4, 0.5) is 0 Å². The predicted octanol–water partition coefficient (Wildman–Crippen LogP) is 4.57. The van der Waals surface area contributed by atoms with Gasteiger partial charge in [0.2, 0.25) is 0 Å². The van der Waals surface area contributed by atoms with Gasteiger partial charge < -0.3 is 4.74 Å². The lowest BCUT2D eigenvalue weighted by atomic mass is 9.88. The zero-order chi connectivity index (χ0) is 18.9. The number of ether oxygens (including phenoxy) is 1. The summed E-state index contributed by atoms with van der Waals surface area (Å²) < 4.78 is 5.42. The maximum Gasteiger partial charge on any atom is 0.182 e. The van der Waals surface area contributed by atoms with E-state index in [4.69, 9.17) is 4.74 Å². The maximum atomic E-state index is 13.1. The minimum atomic E-state index is -0.513. The molecule has 138 valence electrons. The molecule has 3 rings (SSSR count). The van der Waals surface area contributed by atoms with Crippen LogP contribution >= 0.6 is 0 Å². The number of benzene rings is 2. The van der Waals surface area contributed by atoms with Gasteiger partial charge in [-0.15, -0.1) is 0 Å². The van der Waals surface area contributed by atoms with Crippen LogP contribution < -0.4 is 0 Å². The molecule has 3 nitrogen and oxygen atoms in total. The fourth-order valence-electron chi connectivity index (χ4n) is 4.04. The number of carbonyl (C=O) groups excluding carboxylic acids is 1. The smallest absolute Gasteiger partial charge is 0.182 e. The van der Waals surface area contributed by atoms with Crippen molar-refractivity contribution in [3.05, 3.63) is 58.7 Å². The molecule has 1 aliphatic rings. The molecule has 0 aliphatic carbocycles. The van der Waals surface area contributed by atoms with Crippen molar-refractivity contribution in [3.63, 3.8) is 0 Å². The number of hydrogen-bond acceptors (Lipinski definition) is 3. The van der Waals surface area contributed by atoms with E-state index in [1.807, 2.05) is 26.0 Å². The molecule has 1 saturated heterocycles. The van der Waals surface area contributed by atoms with Crippen LogP contribution in [-0.4, -0.2) is 42.5 Å². The Hall–Kier alpha value is -1.97. The van der Waals surface area contributed by atoms with E-state index in [1.54, 1.807) is 0 Å². The number of ketones is 1. The fourth-order valence-corrected chi connectivity index (χ4v) is 4.04.